The van der Waals surface area contributed by atoms with Crippen molar-refractivity contribution in [2.45, 2.75) is 6.42 Å². The van der Waals surface area contributed by atoms with Crippen LogP contribution in [0, 0.1) is 11.6 Å². The van der Waals surface area contributed by atoms with Crippen LogP contribution in [-0.2, 0) is 4.79 Å². The third kappa shape index (κ3) is 6.66. The summed E-state index contributed by atoms with van der Waals surface area (Å²) in [5, 5.41) is 4.90. The van der Waals surface area contributed by atoms with Crippen molar-refractivity contribution in [3.05, 3.63) is 78.5 Å². The van der Waals surface area contributed by atoms with E-state index in [-0.39, 0.29) is 18.2 Å². The number of urea groups is 1. The first-order chi connectivity index (χ1) is 17.0. The zero-order valence-electron chi connectivity index (χ0n) is 18.9. The van der Waals surface area contributed by atoms with Crippen molar-refractivity contribution >= 4 is 29.1 Å². The Balaban J connectivity index is 1.27. The van der Waals surface area contributed by atoms with E-state index in [4.69, 9.17) is 4.74 Å². The second kappa shape index (κ2) is 11.3. The molecule has 0 aliphatic carbocycles. The molecule has 2 heterocycles. The number of benzene rings is 2. The predicted molar refractivity (Wildman–Crippen MR) is 129 cm³/mol. The highest BCUT2D eigenvalue weighted by molar-refractivity contribution is 5.99. The molecule has 10 heteroatoms. The van der Waals surface area contributed by atoms with E-state index < -0.39 is 17.7 Å². The molecule has 8 nitrogen and oxygen atoms in total. The van der Waals surface area contributed by atoms with Gasteiger partial charge in [0.05, 0.1) is 17.6 Å². The van der Waals surface area contributed by atoms with Crippen LogP contribution in [0.2, 0.25) is 0 Å². The largest absolute Gasteiger partial charge is 0.484 e. The van der Waals surface area contributed by atoms with Crippen molar-refractivity contribution in [2.24, 2.45) is 0 Å². The molecule has 3 aromatic rings. The smallest absolute Gasteiger partial charge is 0.323 e. The van der Waals surface area contributed by atoms with Crippen LogP contribution in [0.25, 0.3) is 0 Å². The quantitative estimate of drug-likeness (QED) is 0.553. The summed E-state index contributed by atoms with van der Waals surface area (Å²) < 4.78 is 32.3. The van der Waals surface area contributed by atoms with Crippen LogP contribution in [0.5, 0.6) is 5.75 Å². The van der Waals surface area contributed by atoms with Gasteiger partial charge in [0.1, 0.15) is 23.2 Å². The van der Waals surface area contributed by atoms with E-state index >= 15 is 0 Å². The molecule has 1 fully saturated rings. The van der Waals surface area contributed by atoms with Crippen LogP contribution in [0.1, 0.15) is 6.42 Å². The number of rotatable bonds is 6. The molecule has 0 radical (unpaired) electrons. The fraction of sp³-hybridized carbons (Fsp3) is 0.240. The average Bonchev–Trinajstić information content (AvgIpc) is 3.12. The first-order valence-electron chi connectivity index (χ1n) is 11.2. The normalized spacial score (nSPS) is 13.7. The Hall–Kier alpha value is -4.21. The van der Waals surface area contributed by atoms with E-state index in [0.717, 1.165) is 30.9 Å². The Kier molecular flexibility index (Phi) is 7.71. The van der Waals surface area contributed by atoms with Crippen LogP contribution >= 0.6 is 0 Å². The zero-order valence-corrected chi connectivity index (χ0v) is 18.9. The van der Waals surface area contributed by atoms with Crippen molar-refractivity contribution in [1.82, 2.24) is 9.88 Å². The van der Waals surface area contributed by atoms with Gasteiger partial charge in [0, 0.05) is 32.2 Å². The molecule has 0 bridgehead atoms. The molecule has 0 atom stereocenters. The number of aromatic nitrogens is 1. The highest BCUT2D eigenvalue weighted by Gasteiger charge is 2.20. The summed E-state index contributed by atoms with van der Waals surface area (Å²) in [6, 6.07) is 14.9. The molecule has 0 spiro atoms. The molecule has 2 aromatic carbocycles. The molecule has 182 valence electrons. The van der Waals surface area contributed by atoms with Crippen LogP contribution in [-0.4, -0.2) is 54.6 Å². The lowest BCUT2D eigenvalue weighted by Gasteiger charge is -2.23. The highest BCUT2D eigenvalue weighted by atomic mass is 19.1. The second-order valence-corrected chi connectivity index (χ2v) is 7.93. The van der Waals surface area contributed by atoms with Gasteiger partial charge in [-0.25, -0.2) is 18.6 Å². The molecule has 3 amide bonds. The van der Waals surface area contributed by atoms with Gasteiger partial charge in [0.25, 0.3) is 5.91 Å². The van der Waals surface area contributed by atoms with Gasteiger partial charge in [-0.15, -0.1) is 0 Å². The lowest BCUT2D eigenvalue weighted by atomic mass is 10.3. The minimum atomic E-state index is -0.867. The average molecular weight is 482 g/mol. The van der Waals surface area contributed by atoms with Crippen molar-refractivity contribution in [3.8, 4) is 5.75 Å². The monoisotopic (exact) mass is 481 g/mol. The summed E-state index contributed by atoms with van der Waals surface area (Å²) in [5.41, 5.74) is 0.282. The van der Waals surface area contributed by atoms with E-state index in [1.165, 1.54) is 6.20 Å². The Labute approximate surface area is 201 Å². The minimum absolute atomic E-state index is 0.00743. The van der Waals surface area contributed by atoms with Crippen molar-refractivity contribution < 1.29 is 23.1 Å². The van der Waals surface area contributed by atoms with E-state index in [1.807, 2.05) is 30.3 Å². The van der Waals surface area contributed by atoms with E-state index in [0.29, 0.717) is 37.1 Å². The Morgan fingerprint density at radius 2 is 1.77 bits per heavy atom. The molecular weight excluding hydrogens is 456 g/mol. The molecule has 1 aliphatic rings. The predicted octanol–water partition coefficient (Wildman–Crippen LogP) is 4.12. The Morgan fingerprint density at radius 3 is 2.51 bits per heavy atom. The highest BCUT2D eigenvalue weighted by Crippen LogP contribution is 2.18. The van der Waals surface area contributed by atoms with Gasteiger partial charge in [-0.3, -0.25) is 4.79 Å². The SMILES string of the molecule is O=C(Nc1ccc(N2CCCN(C(=O)COc3ccccc3)CC2)nc1)Nc1ccc(F)cc1F. The van der Waals surface area contributed by atoms with Crippen LogP contribution in [0.15, 0.2) is 66.9 Å². The van der Waals surface area contributed by atoms with Crippen LogP contribution in [0.3, 0.4) is 0 Å². The first-order valence-corrected chi connectivity index (χ1v) is 11.2. The van der Waals surface area contributed by atoms with Gasteiger partial charge in [-0.05, 0) is 42.8 Å². The number of nitrogens with zero attached hydrogens (tertiary/aromatic N) is 3. The molecule has 0 unspecified atom stereocenters. The fourth-order valence-electron chi connectivity index (χ4n) is 3.67. The number of hydrogen-bond acceptors (Lipinski definition) is 5. The van der Waals surface area contributed by atoms with E-state index in [1.54, 1.807) is 17.0 Å². The summed E-state index contributed by atoms with van der Waals surface area (Å²) in [7, 11) is 0. The number of ether oxygens (including phenoxy) is 1. The Morgan fingerprint density at radius 1 is 0.943 bits per heavy atom. The number of hydrogen-bond donors (Lipinski definition) is 2. The van der Waals surface area contributed by atoms with E-state index in [2.05, 4.69) is 20.5 Å². The molecule has 1 aliphatic heterocycles. The first kappa shape index (κ1) is 23.9. The van der Waals surface area contributed by atoms with Gasteiger partial charge in [0.15, 0.2) is 6.61 Å². The second-order valence-electron chi connectivity index (χ2n) is 7.93. The molecule has 1 saturated heterocycles. The molecular formula is C25H25F2N5O3. The summed E-state index contributed by atoms with van der Waals surface area (Å²) in [6.45, 7) is 2.51. The summed E-state index contributed by atoms with van der Waals surface area (Å²) >= 11 is 0. The minimum Gasteiger partial charge on any atom is -0.484 e. The molecule has 4 rings (SSSR count). The zero-order chi connectivity index (χ0) is 24.6. The number of pyridine rings is 1. The third-order valence-corrected chi connectivity index (χ3v) is 5.46. The summed E-state index contributed by atoms with van der Waals surface area (Å²) in [5.74, 6) is -0.280. The van der Waals surface area contributed by atoms with Gasteiger partial charge >= 0.3 is 6.03 Å². The number of para-hydroxylation sites is 1. The number of carbonyl (C=O) groups excluding carboxylic acids is 2. The lowest BCUT2D eigenvalue weighted by molar-refractivity contribution is -0.133. The van der Waals surface area contributed by atoms with Crippen LogP contribution in [0.4, 0.5) is 30.8 Å². The number of amides is 3. The third-order valence-electron chi connectivity index (χ3n) is 5.46. The van der Waals surface area contributed by atoms with Crippen LogP contribution < -0.4 is 20.3 Å². The van der Waals surface area contributed by atoms with Gasteiger partial charge in [-0.2, -0.15) is 0 Å². The molecule has 1 aromatic heterocycles. The maximum atomic E-state index is 13.7. The number of carbonyl (C=O) groups is 2. The van der Waals surface area contributed by atoms with Crippen molar-refractivity contribution in [3.63, 3.8) is 0 Å². The van der Waals surface area contributed by atoms with Gasteiger partial charge in [-0.1, -0.05) is 18.2 Å². The topological polar surface area (TPSA) is 86.8 Å². The number of halogens is 2. The summed E-state index contributed by atoms with van der Waals surface area (Å²) in [4.78, 5) is 33.0. The van der Waals surface area contributed by atoms with Crippen molar-refractivity contribution in [2.75, 3.05) is 48.3 Å². The lowest BCUT2D eigenvalue weighted by Crippen LogP contribution is -2.38. The summed E-state index contributed by atoms with van der Waals surface area (Å²) in [6.07, 6.45) is 2.28. The molecule has 35 heavy (non-hydrogen) atoms. The van der Waals surface area contributed by atoms with Crippen molar-refractivity contribution in [1.29, 1.82) is 0 Å². The Bertz CT molecular complexity index is 1160. The maximum absolute atomic E-state index is 13.7. The number of nitrogens with one attached hydrogen (secondary N) is 2. The standard InChI is InChI=1S/C25H25F2N5O3/c26-18-7-9-22(21(27)15-18)30-25(34)29-19-8-10-23(28-16-19)31-11-4-12-32(14-13-31)24(33)17-35-20-5-2-1-3-6-20/h1-3,5-10,15-16H,4,11-14,17H2,(H2,29,30,34). The van der Waals surface area contributed by atoms with Gasteiger partial charge < -0.3 is 25.2 Å². The fourth-order valence-corrected chi connectivity index (χ4v) is 3.67. The molecule has 0 saturated carbocycles. The maximum Gasteiger partial charge on any atom is 0.323 e. The van der Waals surface area contributed by atoms with Gasteiger partial charge in [0.2, 0.25) is 0 Å². The van der Waals surface area contributed by atoms with E-state index in [9.17, 15) is 18.4 Å². The molecule has 2 N–H and O–H groups in total. The number of anilines is 3.